The minimum Gasteiger partial charge on any atom is -0.396 e. The van der Waals surface area contributed by atoms with Crippen molar-refractivity contribution >= 4 is 11.7 Å². The van der Waals surface area contributed by atoms with Crippen LogP contribution in [0, 0.1) is 11.8 Å². The standard InChI is InChI=1S/C19H28N4O2/c1-14(2)11-15(9-10-24)12-20-19(25)21-17-13-23(3)22-18(17)16-7-5-4-6-8-16/h4-8,13-15,24H,9-12H2,1-3H3,(H2,20,21,25). The van der Waals surface area contributed by atoms with E-state index in [1.165, 1.54) is 0 Å². The van der Waals surface area contributed by atoms with Gasteiger partial charge in [-0.25, -0.2) is 4.79 Å². The number of carbonyl (C=O) groups excluding carboxylic acids is 1. The molecule has 0 saturated carbocycles. The second kappa shape index (κ2) is 9.22. The van der Waals surface area contributed by atoms with Crippen molar-refractivity contribution in [3.63, 3.8) is 0 Å². The van der Waals surface area contributed by atoms with Gasteiger partial charge < -0.3 is 15.7 Å². The number of rotatable bonds is 8. The maximum atomic E-state index is 12.3. The Labute approximate surface area is 149 Å². The van der Waals surface area contributed by atoms with Gasteiger partial charge in [0.05, 0.1) is 5.69 Å². The SMILES string of the molecule is CC(C)CC(CCO)CNC(=O)Nc1cn(C)nc1-c1ccccc1. The number of hydrogen-bond acceptors (Lipinski definition) is 3. The van der Waals surface area contributed by atoms with Gasteiger partial charge in [0.1, 0.15) is 5.69 Å². The third kappa shape index (κ3) is 5.90. The van der Waals surface area contributed by atoms with Gasteiger partial charge in [0, 0.05) is 32.0 Å². The summed E-state index contributed by atoms with van der Waals surface area (Å²) in [6.07, 6.45) is 3.46. The van der Waals surface area contributed by atoms with E-state index >= 15 is 0 Å². The Morgan fingerprint density at radius 3 is 2.64 bits per heavy atom. The number of nitrogens with one attached hydrogen (secondary N) is 2. The molecule has 1 unspecified atom stereocenters. The predicted molar refractivity (Wildman–Crippen MR) is 100 cm³/mol. The van der Waals surface area contributed by atoms with Crippen LogP contribution >= 0.6 is 0 Å². The van der Waals surface area contributed by atoms with Crippen LogP contribution < -0.4 is 10.6 Å². The summed E-state index contributed by atoms with van der Waals surface area (Å²) in [5.74, 6) is 0.808. The Hall–Kier alpha value is -2.34. The molecule has 0 bridgehead atoms. The molecule has 136 valence electrons. The van der Waals surface area contributed by atoms with Crippen LogP contribution in [0.3, 0.4) is 0 Å². The van der Waals surface area contributed by atoms with Crippen LogP contribution in [-0.2, 0) is 7.05 Å². The van der Waals surface area contributed by atoms with Crippen LogP contribution in [0.25, 0.3) is 11.3 Å². The zero-order valence-corrected chi connectivity index (χ0v) is 15.2. The first-order valence-corrected chi connectivity index (χ1v) is 8.74. The number of hydrogen-bond donors (Lipinski definition) is 3. The van der Waals surface area contributed by atoms with Crippen molar-refractivity contribution < 1.29 is 9.90 Å². The molecule has 0 aliphatic rings. The molecule has 0 fully saturated rings. The van der Waals surface area contributed by atoms with Gasteiger partial charge in [0.15, 0.2) is 0 Å². The number of aliphatic hydroxyl groups is 1. The van der Waals surface area contributed by atoms with E-state index in [0.717, 1.165) is 17.7 Å². The van der Waals surface area contributed by atoms with E-state index in [9.17, 15) is 9.90 Å². The van der Waals surface area contributed by atoms with E-state index in [1.54, 1.807) is 10.9 Å². The van der Waals surface area contributed by atoms with Crippen molar-refractivity contribution in [2.75, 3.05) is 18.5 Å². The van der Waals surface area contributed by atoms with Crippen molar-refractivity contribution in [1.82, 2.24) is 15.1 Å². The van der Waals surface area contributed by atoms with E-state index in [1.807, 2.05) is 37.4 Å². The molecule has 2 amide bonds. The Kier molecular flexibility index (Phi) is 7.01. The van der Waals surface area contributed by atoms with E-state index < -0.39 is 0 Å². The molecule has 0 radical (unpaired) electrons. The molecule has 6 heteroatoms. The Balaban J connectivity index is 1.99. The highest BCUT2D eigenvalue weighted by Gasteiger charge is 2.15. The Morgan fingerprint density at radius 2 is 2.00 bits per heavy atom. The summed E-state index contributed by atoms with van der Waals surface area (Å²) in [7, 11) is 1.83. The van der Waals surface area contributed by atoms with Gasteiger partial charge in [-0.1, -0.05) is 44.2 Å². The van der Waals surface area contributed by atoms with E-state index in [4.69, 9.17) is 0 Å². The molecule has 0 aliphatic heterocycles. The number of aryl methyl sites for hydroxylation is 1. The summed E-state index contributed by atoms with van der Waals surface area (Å²) in [6.45, 7) is 4.98. The van der Waals surface area contributed by atoms with Crippen LogP contribution in [-0.4, -0.2) is 34.1 Å². The molecule has 2 rings (SSSR count). The number of aliphatic hydroxyl groups excluding tert-OH is 1. The van der Waals surface area contributed by atoms with Gasteiger partial charge in [-0.2, -0.15) is 5.10 Å². The van der Waals surface area contributed by atoms with Crippen LogP contribution in [0.1, 0.15) is 26.7 Å². The average Bonchev–Trinajstić information content (AvgIpc) is 2.93. The zero-order chi connectivity index (χ0) is 18.2. The highest BCUT2D eigenvalue weighted by Crippen LogP contribution is 2.25. The minimum atomic E-state index is -0.253. The molecule has 0 spiro atoms. The highest BCUT2D eigenvalue weighted by atomic mass is 16.3. The molecule has 0 saturated heterocycles. The molecule has 1 aromatic carbocycles. The summed E-state index contributed by atoms with van der Waals surface area (Å²) in [6, 6.07) is 9.51. The number of aromatic nitrogens is 2. The fourth-order valence-electron chi connectivity index (χ4n) is 2.95. The lowest BCUT2D eigenvalue weighted by Gasteiger charge is -2.18. The summed E-state index contributed by atoms with van der Waals surface area (Å²) < 4.78 is 1.69. The third-order valence-electron chi connectivity index (χ3n) is 4.02. The molecule has 3 N–H and O–H groups in total. The van der Waals surface area contributed by atoms with Gasteiger partial charge in [0.2, 0.25) is 0 Å². The van der Waals surface area contributed by atoms with Crippen LogP contribution in [0.5, 0.6) is 0 Å². The smallest absolute Gasteiger partial charge is 0.319 e. The first-order valence-electron chi connectivity index (χ1n) is 8.74. The minimum absolute atomic E-state index is 0.140. The predicted octanol–water partition coefficient (Wildman–Crippen LogP) is 3.25. The fourth-order valence-corrected chi connectivity index (χ4v) is 2.95. The molecule has 6 nitrogen and oxygen atoms in total. The van der Waals surface area contributed by atoms with Crippen molar-refractivity contribution in [2.24, 2.45) is 18.9 Å². The number of amides is 2. The lowest BCUT2D eigenvalue weighted by molar-refractivity contribution is 0.231. The number of anilines is 1. The van der Waals surface area contributed by atoms with Gasteiger partial charge in [-0.15, -0.1) is 0 Å². The number of nitrogens with zero attached hydrogens (tertiary/aromatic N) is 2. The first kappa shape index (κ1) is 19.0. The summed E-state index contributed by atoms with van der Waals surface area (Å²) >= 11 is 0. The van der Waals surface area contributed by atoms with Crippen LogP contribution in [0.2, 0.25) is 0 Å². The van der Waals surface area contributed by atoms with Crippen molar-refractivity contribution in [3.8, 4) is 11.3 Å². The Bertz CT molecular complexity index is 667. The van der Waals surface area contributed by atoms with Crippen molar-refractivity contribution in [2.45, 2.75) is 26.7 Å². The van der Waals surface area contributed by atoms with Gasteiger partial charge in [-0.3, -0.25) is 4.68 Å². The maximum absolute atomic E-state index is 12.3. The Morgan fingerprint density at radius 1 is 1.28 bits per heavy atom. The van der Waals surface area contributed by atoms with Gasteiger partial charge in [0.25, 0.3) is 0 Å². The van der Waals surface area contributed by atoms with Crippen LogP contribution in [0.4, 0.5) is 10.5 Å². The quantitative estimate of drug-likeness (QED) is 0.688. The highest BCUT2D eigenvalue weighted by molar-refractivity contribution is 5.93. The maximum Gasteiger partial charge on any atom is 0.319 e. The lowest BCUT2D eigenvalue weighted by atomic mass is 9.94. The fraction of sp³-hybridized carbons (Fsp3) is 0.474. The van der Waals surface area contributed by atoms with Gasteiger partial charge in [-0.05, 0) is 24.7 Å². The molecular weight excluding hydrogens is 316 g/mol. The topological polar surface area (TPSA) is 79.2 Å². The normalized spacial score (nSPS) is 12.2. The van der Waals surface area contributed by atoms with Crippen LogP contribution in [0.15, 0.2) is 36.5 Å². The third-order valence-corrected chi connectivity index (χ3v) is 4.02. The first-order chi connectivity index (χ1) is 12.0. The average molecular weight is 344 g/mol. The second-order valence-electron chi connectivity index (χ2n) is 6.77. The van der Waals surface area contributed by atoms with Crippen molar-refractivity contribution in [1.29, 1.82) is 0 Å². The van der Waals surface area contributed by atoms with E-state index in [0.29, 0.717) is 24.6 Å². The molecular formula is C19H28N4O2. The molecule has 1 heterocycles. The molecule has 25 heavy (non-hydrogen) atoms. The number of benzene rings is 1. The van der Waals surface area contributed by atoms with E-state index in [2.05, 4.69) is 29.6 Å². The molecule has 2 aromatic rings. The molecule has 1 atom stereocenters. The monoisotopic (exact) mass is 344 g/mol. The molecule has 0 aliphatic carbocycles. The zero-order valence-electron chi connectivity index (χ0n) is 15.2. The van der Waals surface area contributed by atoms with Crippen molar-refractivity contribution in [3.05, 3.63) is 36.5 Å². The molecule has 1 aromatic heterocycles. The lowest BCUT2D eigenvalue weighted by Crippen LogP contribution is -2.33. The number of urea groups is 1. The second-order valence-corrected chi connectivity index (χ2v) is 6.77. The number of carbonyl (C=O) groups is 1. The summed E-state index contributed by atoms with van der Waals surface area (Å²) in [4.78, 5) is 12.3. The largest absolute Gasteiger partial charge is 0.396 e. The summed E-state index contributed by atoms with van der Waals surface area (Å²) in [5.41, 5.74) is 2.37. The van der Waals surface area contributed by atoms with Gasteiger partial charge >= 0.3 is 6.03 Å². The van der Waals surface area contributed by atoms with E-state index in [-0.39, 0.29) is 18.6 Å². The summed E-state index contributed by atoms with van der Waals surface area (Å²) in [5, 5.41) is 19.4.